The fraction of sp³-hybridized carbons (Fsp3) is 0.583. The van der Waals surface area contributed by atoms with Crippen molar-refractivity contribution in [1.82, 2.24) is 24.9 Å². The molecule has 0 radical (unpaired) electrons. The van der Waals surface area contributed by atoms with E-state index in [2.05, 4.69) is 15.2 Å². The Kier molecular flexibility index (Phi) is 6.36. The van der Waals surface area contributed by atoms with Crippen LogP contribution in [0, 0.1) is 10.1 Å². The fourth-order valence-electron chi connectivity index (χ4n) is 2.02. The lowest BCUT2D eigenvalue weighted by atomic mass is 10.4. The molecule has 11 heteroatoms. The van der Waals surface area contributed by atoms with Gasteiger partial charge in [-0.05, 0) is 30.7 Å². The molecule has 1 aliphatic heterocycles. The molecule has 0 aromatic carbocycles. The van der Waals surface area contributed by atoms with Crippen LogP contribution in [-0.4, -0.2) is 45.6 Å². The second kappa shape index (κ2) is 8.26. The Hall–Kier alpha value is -1.66. The maximum atomic E-state index is 10.9. The molecule has 10 nitrogen and oxygen atoms in total. The highest BCUT2D eigenvalue weighted by atomic mass is 32.2. The molecule has 0 atom stereocenters. The van der Waals surface area contributed by atoms with Crippen LogP contribution in [-0.2, 0) is 16.5 Å². The summed E-state index contributed by atoms with van der Waals surface area (Å²) in [5, 5.41) is 14.4. The summed E-state index contributed by atoms with van der Waals surface area (Å²) in [6.45, 7) is 5.30. The minimum Gasteiger partial charge on any atom is -0.358 e. The first-order valence-electron chi connectivity index (χ1n) is 7.13. The van der Waals surface area contributed by atoms with Crippen molar-refractivity contribution in [1.29, 1.82) is 0 Å². The van der Waals surface area contributed by atoms with Gasteiger partial charge in [0.05, 0.1) is 13.6 Å². The first kappa shape index (κ1) is 17.7. The molecule has 1 aromatic heterocycles. The van der Waals surface area contributed by atoms with Gasteiger partial charge in [-0.25, -0.2) is 20.1 Å². The zero-order valence-corrected chi connectivity index (χ0v) is 14.0. The number of aromatic nitrogens is 2. The SMILES string of the molecule is CCOC(CNN1NSC=C1c1ncc([N+](=O)[O-])n1C)OCC. The zero-order chi connectivity index (χ0) is 16.8. The van der Waals surface area contributed by atoms with Crippen LogP contribution in [0.2, 0.25) is 0 Å². The predicted octanol–water partition coefficient (Wildman–Crippen LogP) is 0.999. The van der Waals surface area contributed by atoms with Crippen LogP contribution in [0.25, 0.3) is 5.70 Å². The summed E-state index contributed by atoms with van der Waals surface area (Å²) in [6, 6.07) is 0. The molecule has 1 aliphatic rings. The lowest BCUT2D eigenvalue weighted by molar-refractivity contribution is -0.391. The van der Waals surface area contributed by atoms with E-state index in [-0.39, 0.29) is 12.1 Å². The molecule has 0 fully saturated rings. The summed E-state index contributed by atoms with van der Waals surface area (Å²) >= 11 is 1.34. The van der Waals surface area contributed by atoms with E-state index >= 15 is 0 Å². The molecular weight excluding hydrogens is 324 g/mol. The second-order valence-electron chi connectivity index (χ2n) is 4.51. The van der Waals surface area contributed by atoms with Crippen molar-refractivity contribution in [2.75, 3.05) is 19.8 Å². The highest BCUT2D eigenvalue weighted by molar-refractivity contribution is 8.00. The van der Waals surface area contributed by atoms with Gasteiger partial charge in [0.2, 0.25) is 5.82 Å². The molecule has 23 heavy (non-hydrogen) atoms. The number of imidazole rings is 1. The molecule has 0 bridgehead atoms. The second-order valence-corrected chi connectivity index (χ2v) is 5.16. The Morgan fingerprint density at radius 3 is 2.74 bits per heavy atom. The van der Waals surface area contributed by atoms with E-state index in [1.807, 2.05) is 19.3 Å². The van der Waals surface area contributed by atoms with E-state index in [1.165, 1.54) is 22.7 Å². The van der Waals surface area contributed by atoms with Crippen LogP contribution in [0.15, 0.2) is 11.6 Å². The number of hydrogen-bond donors (Lipinski definition) is 2. The predicted molar refractivity (Wildman–Crippen MR) is 85.4 cm³/mol. The van der Waals surface area contributed by atoms with Gasteiger partial charge in [0.1, 0.15) is 11.9 Å². The summed E-state index contributed by atoms with van der Waals surface area (Å²) in [5.41, 5.74) is 3.80. The van der Waals surface area contributed by atoms with Crippen molar-refractivity contribution < 1.29 is 14.4 Å². The fourth-order valence-corrected chi connectivity index (χ4v) is 2.66. The molecule has 1 aromatic rings. The number of nitro groups is 1. The van der Waals surface area contributed by atoms with Gasteiger partial charge in [-0.3, -0.25) is 0 Å². The first-order valence-corrected chi connectivity index (χ1v) is 8.01. The third-order valence-electron chi connectivity index (χ3n) is 3.06. The zero-order valence-electron chi connectivity index (χ0n) is 13.2. The Labute approximate surface area is 138 Å². The number of rotatable bonds is 9. The summed E-state index contributed by atoms with van der Waals surface area (Å²) in [4.78, 5) is 17.6. The highest BCUT2D eigenvalue weighted by Gasteiger charge is 2.27. The summed E-state index contributed by atoms with van der Waals surface area (Å²) in [7, 11) is 1.60. The topological polar surface area (TPSA) is 107 Å². The molecule has 128 valence electrons. The number of hydrogen-bond acceptors (Lipinski definition) is 9. The van der Waals surface area contributed by atoms with E-state index in [9.17, 15) is 10.1 Å². The molecule has 0 unspecified atom stereocenters. The van der Waals surface area contributed by atoms with Gasteiger partial charge in [0, 0.05) is 18.6 Å². The standard InChI is InChI=1S/C12H20N6O4S/c1-4-21-11(22-5-2)7-14-17-9(8-23-15-17)12-13-6-10(16(12)3)18(19)20/h6,8,11,14-15H,4-5,7H2,1-3H3. The molecule has 2 N–H and O–H groups in total. The van der Waals surface area contributed by atoms with Gasteiger partial charge >= 0.3 is 5.82 Å². The largest absolute Gasteiger partial charge is 0.358 e. The molecule has 2 heterocycles. The van der Waals surface area contributed by atoms with Crippen LogP contribution in [0.4, 0.5) is 5.82 Å². The van der Waals surface area contributed by atoms with Crippen molar-refractivity contribution in [3.63, 3.8) is 0 Å². The van der Waals surface area contributed by atoms with Crippen molar-refractivity contribution in [2.45, 2.75) is 20.1 Å². The molecule has 0 aliphatic carbocycles. The smallest absolute Gasteiger partial charge is 0.342 e. The van der Waals surface area contributed by atoms with Gasteiger partial charge in [-0.1, -0.05) is 0 Å². The van der Waals surface area contributed by atoms with Crippen molar-refractivity contribution in [2.24, 2.45) is 7.05 Å². The minimum atomic E-state index is -0.468. The molecule has 0 saturated carbocycles. The van der Waals surface area contributed by atoms with Gasteiger partial charge in [-0.2, -0.15) is 4.83 Å². The average molecular weight is 344 g/mol. The van der Waals surface area contributed by atoms with E-state index in [4.69, 9.17) is 9.47 Å². The van der Waals surface area contributed by atoms with Crippen LogP contribution < -0.4 is 10.3 Å². The van der Waals surface area contributed by atoms with Crippen LogP contribution >= 0.6 is 11.9 Å². The number of ether oxygens (including phenoxy) is 2. The van der Waals surface area contributed by atoms with Gasteiger partial charge in [0.15, 0.2) is 6.29 Å². The number of nitrogens with zero attached hydrogens (tertiary/aromatic N) is 4. The van der Waals surface area contributed by atoms with E-state index in [0.717, 1.165) is 0 Å². The van der Waals surface area contributed by atoms with E-state index in [1.54, 1.807) is 12.2 Å². The van der Waals surface area contributed by atoms with Gasteiger partial charge in [0.25, 0.3) is 0 Å². The van der Waals surface area contributed by atoms with Crippen molar-refractivity contribution in [3.05, 3.63) is 27.5 Å². The summed E-state index contributed by atoms with van der Waals surface area (Å²) in [5.74, 6) is 0.408. The minimum absolute atomic E-state index is 0.0701. The lowest BCUT2D eigenvalue weighted by Crippen LogP contribution is -2.46. The van der Waals surface area contributed by atoms with Crippen LogP contribution in [0.1, 0.15) is 19.7 Å². The quantitative estimate of drug-likeness (QED) is 0.293. The highest BCUT2D eigenvalue weighted by Crippen LogP contribution is 2.26. The maximum Gasteiger partial charge on any atom is 0.342 e. The van der Waals surface area contributed by atoms with Crippen molar-refractivity contribution >= 4 is 23.5 Å². The first-order chi connectivity index (χ1) is 11.1. The third kappa shape index (κ3) is 4.20. The Balaban J connectivity index is 2.04. The van der Waals surface area contributed by atoms with Crippen molar-refractivity contribution in [3.8, 4) is 0 Å². The summed E-state index contributed by atoms with van der Waals surface area (Å²) < 4.78 is 12.4. The molecule has 2 rings (SSSR count). The lowest BCUT2D eigenvalue weighted by Gasteiger charge is -2.24. The summed E-state index contributed by atoms with van der Waals surface area (Å²) in [6.07, 6.45) is 0.856. The molecule has 0 spiro atoms. The van der Waals surface area contributed by atoms with Gasteiger partial charge in [-0.15, -0.1) is 0 Å². The Morgan fingerprint density at radius 2 is 2.17 bits per heavy atom. The normalized spacial score (nSPS) is 14.6. The molecular formula is C12H20N6O4S. The average Bonchev–Trinajstić information content (AvgIpc) is 3.11. The Bertz CT molecular complexity index is 572. The van der Waals surface area contributed by atoms with E-state index in [0.29, 0.717) is 31.3 Å². The van der Waals surface area contributed by atoms with E-state index < -0.39 is 4.92 Å². The third-order valence-corrected chi connectivity index (χ3v) is 3.69. The Morgan fingerprint density at radius 1 is 1.48 bits per heavy atom. The number of nitrogens with one attached hydrogen (secondary N) is 2. The van der Waals surface area contributed by atoms with Gasteiger partial charge < -0.3 is 19.6 Å². The molecule has 0 amide bonds. The van der Waals surface area contributed by atoms with Crippen LogP contribution in [0.3, 0.4) is 0 Å². The monoisotopic (exact) mass is 344 g/mol. The number of hydrazine groups is 2. The maximum absolute atomic E-state index is 10.9. The van der Waals surface area contributed by atoms with Crippen LogP contribution in [0.5, 0.6) is 0 Å². The molecule has 0 saturated heterocycles.